The molecule has 0 spiro atoms. The van der Waals surface area contributed by atoms with Gasteiger partial charge in [-0.1, -0.05) is 12.1 Å². The van der Waals surface area contributed by atoms with Crippen LogP contribution in [0.4, 0.5) is 0 Å². The van der Waals surface area contributed by atoms with Crippen LogP contribution < -0.4 is 0 Å². The molecule has 84 valence electrons. The number of carbonyl (C=O) groups excluding carboxylic acids is 2. The Labute approximate surface area is 96.9 Å². The predicted octanol–water partition coefficient (Wildman–Crippen LogP) is 1.80. The molecule has 0 bridgehead atoms. The van der Waals surface area contributed by atoms with E-state index in [4.69, 9.17) is 0 Å². The third kappa shape index (κ3) is 1.18. The van der Waals surface area contributed by atoms with E-state index in [0.29, 0.717) is 5.56 Å². The fraction of sp³-hybridized carbons (Fsp3) is 0.0769. The van der Waals surface area contributed by atoms with Gasteiger partial charge >= 0.3 is 0 Å². The highest BCUT2D eigenvalue weighted by Crippen LogP contribution is 2.32. The number of rotatable bonds is 0. The fourth-order valence-corrected chi connectivity index (χ4v) is 2.19. The van der Waals surface area contributed by atoms with Crippen molar-refractivity contribution >= 4 is 11.6 Å². The minimum atomic E-state index is -0.333. The third-order valence-electron chi connectivity index (χ3n) is 2.94. The maximum Gasteiger partial charge on any atom is 0.214 e. The first kappa shape index (κ1) is 9.84. The molecule has 0 fully saturated rings. The van der Waals surface area contributed by atoms with Gasteiger partial charge in [0, 0.05) is 11.3 Å². The van der Waals surface area contributed by atoms with E-state index in [1.54, 1.807) is 25.1 Å². The molecule has 1 aliphatic carbocycles. The average molecular weight is 227 g/mol. The number of aryl methyl sites for hydroxylation is 1. The molecule has 2 N–H and O–H groups in total. The second-order valence-corrected chi connectivity index (χ2v) is 4.10. The Hall–Kier alpha value is -2.36. The van der Waals surface area contributed by atoms with Gasteiger partial charge < -0.3 is 10.1 Å². The zero-order chi connectivity index (χ0) is 12.2. The van der Waals surface area contributed by atoms with Crippen LogP contribution >= 0.6 is 0 Å². The van der Waals surface area contributed by atoms with E-state index in [0.717, 1.165) is 5.69 Å². The number of phenols is 1. The third-order valence-corrected chi connectivity index (χ3v) is 2.94. The van der Waals surface area contributed by atoms with Crippen LogP contribution in [0, 0.1) is 6.92 Å². The van der Waals surface area contributed by atoms with Crippen molar-refractivity contribution in [3.8, 4) is 5.75 Å². The first-order chi connectivity index (χ1) is 8.09. The number of phenolic OH excluding ortho intramolecular Hbond substituents is 1. The highest BCUT2D eigenvalue weighted by atomic mass is 16.3. The minimum absolute atomic E-state index is 0.0897. The summed E-state index contributed by atoms with van der Waals surface area (Å²) in [5.41, 5.74) is 1.75. The molecule has 0 aliphatic heterocycles. The van der Waals surface area contributed by atoms with Crippen LogP contribution in [-0.2, 0) is 0 Å². The zero-order valence-corrected chi connectivity index (χ0v) is 9.07. The van der Waals surface area contributed by atoms with Crippen LogP contribution in [0.5, 0.6) is 5.75 Å². The lowest BCUT2D eigenvalue weighted by Gasteiger charge is -2.14. The van der Waals surface area contributed by atoms with Gasteiger partial charge in [0.2, 0.25) is 5.78 Å². The van der Waals surface area contributed by atoms with Gasteiger partial charge in [-0.15, -0.1) is 0 Å². The number of fused-ring (bicyclic) bond motifs is 2. The lowest BCUT2D eigenvalue weighted by Crippen LogP contribution is -2.20. The van der Waals surface area contributed by atoms with E-state index < -0.39 is 0 Å². The molecule has 1 aromatic heterocycles. The first-order valence-electron chi connectivity index (χ1n) is 5.20. The van der Waals surface area contributed by atoms with Crippen molar-refractivity contribution in [3.05, 3.63) is 52.3 Å². The largest absolute Gasteiger partial charge is 0.507 e. The van der Waals surface area contributed by atoms with Gasteiger partial charge in [-0.05, 0) is 19.1 Å². The number of nitrogens with one attached hydrogen (secondary N) is 1. The van der Waals surface area contributed by atoms with Crippen LogP contribution in [0.3, 0.4) is 0 Å². The SMILES string of the molecule is Cc1cc2c([nH]1)C(=O)c1c(O)cccc1C2=O. The smallest absolute Gasteiger partial charge is 0.214 e. The van der Waals surface area contributed by atoms with Crippen molar-refractivity contribution in [1.29, 1.82) is 0 Å². The van der Waals surface area contributed by atoms with Gasteiger partial charge in [0.25, 0.3) is 0 Å². The number of H-pyrrole nitrogens is 1. The molecule has 3 rings (SSSR count). The van der Waals surface area contributed by atoms with Gasteiger partial charge in [-0.3, -0.25) is 9.59 Å². The van der Waals surface area contributed by atoms with Crippen LogP contribution in [0.1, 0.15) is 37.7 Å². The molecule has 4 heteroatoms. The van der Waals surface area contributed by atoms with E-state index in [-0.39, 0.29) is 34.1 Å². The number of hydrogen-bond donors (Lipinski definition) is 2. The van der Waals surface area contributed by atoms with E-state index in [1.807, 2.05) is 0 Å². The quantitative estimate of drug-likeness (QED) is 0.615. The summed E-state index contributed by atoms with van der Waals surface area (Å²) >= 11 is 0. The maximum atomic E-state index is 12.1. The second kappa shape index (κ2) is 3.07. The van der Waals surface area contributed by atoms with Crippen molar-refractivity contribution in [2.24, 2.45) is 0 Å². The van der Waals surface area contributed by atoms with Crippen LogP contribution in [0.25, 0.3) is 0 Å². The van der Waals surface area contributed by atoms with Gasteiger partial charge in [0.05, 0.1) is 16.8 Å². The van der Waals surface area contributed by atoms with Crippen molar-refractivity contribution in [2.45, 2.75) is 6.92 Å². The number of ketones is 2. The molecule has 0 unspecified atom stereocenters. The number of aromatic hydroxyl groups is 1. The number of carbonyl (C=O) groups is 2. The maximum absolute atomic E-state index is 12.1. The summed E-state index contributed by atoms with van der Waals surface area (Å²) in [5.74, 6) is -0.714. The van der Waals surface area contributed by atoms with Gasteiger partial charge in [0.15, 0.2) is 5.78 Å². The summed E-state index contributed by atoms with van der Waals surface area (Å²) < 4.78 is 0. The molecule has 1 heterocycles. The Balaban J connectivity index is 2.36. The minimum Gasteiger partial charge on any atom is -0.507 e. The van der Waals surface area contributed by atoms with Crippen LogP contribution in [0.15, 0.2) is 24.3 Å². The molecule has 1 aliphatic rings. The van der Waals surface area contributed by atoms with E-state index in [2.05, 4.69) is 4.98 Å². The Bertz CT molecular complexity index is 667. The number of hydrogen-bond acceptors (Lipinski definition) is 3. The first-order valence-corrected chi connectivity index (χ1v) is 5.20. The molecule has 0 saturated carbocycles. The van der Waals surface area contributed by atoms with E-state index in [1.165, 1.54) is 6.07 Å². The predicted molar refractivity (Wildman–Crippen MR) is 60.5 cm³/mol. The average Bonchev–Trinajstić information content (AvgIpc) is 2.68. The molecule has 0 amide bonds. The molecular formula is C13H9NO3. The van der Waals surface area contributed by atoms with Crippen molar-refractivity contribution < 1.29 is 14.7 Å². The van der Waals surface area contributed by atoms with E-state index in [9.17, 15) is 14.7 Å². The molecule has 1 aromatic carbocycles. The molecule has 2 aromatic rings. The van der Waals surface area contributed by atoms with Crippen molar-refractivity contribution in [3.63, 3.8) is 0 Å². The zero-order valence-electron chi connectivity index (χ0n) is 9.07. The lowest BCUT2D eigenvalue weighted by atomic mass is 9.87. The van der Waals surface area contributed by atoms with E-state index >= 15 is 0 Å². The summed E-state index contributed by atoms with van der Waals surface area (Å²) in [6.45, 7) is 1.78. The van der Waals surface area contributed by atoms with Gasteiger partial charge in [-0.2, -0.15) is 0 Å². The summed E-state index contributed by atoms with van der Waals surface area (Å²) in [4.78, 5) is 27.1. The summed E-state index contributed by atoms with van der Waals surface area (Å²) in [6, 6.07) is 6.18. The van der Waals surface area contributed by atoms with Gasteiger partial charge in [-0.25, -0.2) is 0 Å². The molecule has 0 atom stereocenters. The Morgan fingerprint density at radius 2 is 1.88 bits per heavy atom. The normalized spacial score (nSPS) is 13.5. The summed E-state index contributed by atoms with van der Waals surface area (Å²) in [5, 5.41) is 9.69. The van der Waals surface area contributed by atoms with Crippen LogP contribution in [0.2, 0.25) is 0 Å². The lowest BCUT2D eigenvalue weighted by molar-refractivity contribution is 0.0974. The number of aromatic amines is 1. The molecule has 0 saturated heterocycles. The highest BCUT2D eigenvalue weighted by Gasteiger charge is 2.33. The van der Waals surface area contributed by atoms with Crippen molar-refractivity contribution in [1.82, 2.24) is 4.98 Å². The molecular weight excluding hydrogens is 218 g/mol. The molecule has 17 heavy (non-hydrogen) atoms. The second-order valence-electron chi connectivity index (χ2n) is 4.10. The Morgan fingerprint density at radius 3 is 2.65 bits per heavy atom. The van der Waals surface area contributed by atoms with Crippen LogP contribution in [-0.4, -0.2) is 21.7 Å². The number of benzene rings is 1. The van der Waals surface area contributed by atoms with Gasteiger partial charge in [0.1, 0.15) is 5.75 Å². The fourth-order valence-electron chi connectivity index (χ4n) is 2.19. The number of aromatic nitrogens is 1. The highest BCUT2D eigenvalue weighted by molar-refractivity contribution is 6.28. The topological polar surface area (TPSA) is 70.2 Å². The summed E-state index contributed by atoms with van der Waals surface area (Å²) in [7, 11) is 0. The standard InChI is InChI=1S/C13H9NO3/c1-6-5-8-11(14-6)13(17)10-7(12(8)16)3-2-4-9(10)15/h2-5,14-15H,1H3. The Kier molecular flexibility index (Phi) is 1.78. The molecule has 0 radical (unpaired) electrons. The Morgan fingerprint density at radius 1 is 1.12 bits per heavy atom. The van der Waals surface area contributed by atoms with Crippen molar-refractivity contribution in [2.75, 3.05) is 0 Å². The summed E-state index contributed by atoms with van der Waals surface area (Å²) in [6.07, 6.45) is 0. The molecule has 4 nitrogen and oxygen atoms in total. The monoisotopic (exact) mass is 227 g/mol.